The maximum atomic E-state index is 10.8. The number of hydrogen-bond donors (Lipinski definition) is 2. The SMILES string of the molecule is Cc1c[nH]c(=O)n1CCO. The molecule has 0 aromatic carbocycles. The molecule has 0 saturated heterocycles. The van der Waals surface area contributed by atoms with Gasteiger partial charge in [0.25, 0.3) is 0 Å². The van der Waals surface area contributed by atoms with Crippen LogP contribution in [0.4, 0.5) is 0 Å². The predicted molar refractivity (Wildman–Crippen MR) is 36.9 cm³/mol. The zero-order chi connectivity index (χ0) is 7.56. The second-order valence-corrected chi connectivity index (χ2v) is 2.11. The lowest BCUT2D eigenvalue weighted by Crippen LogP contribution is -2.19. The molecule has 4 heteroatoms. The van der Waals surface area contributed by atoms with Crippen LogP contribution in [0.2, 0.25) is 0 Å². The van der Waals surface area contributed by atoms with Crippen LogP contribution in [0, 0.1) is 6.92 Å². The van der Waals surface area contributed by atoms with Crippen LogP contribution in [-0.4, -0.2) is 21.3 Å². The zero-order valence-electron chi connectivity index (χ0n) is 5.79. The third kappa shape index (κ3) is 1.11. The Hall–Kier alpha value is -1.03. The van der Waals surface area contributed by atoms with Crippen molar-refractivity contribution in [2.24, 2.45) is 0 Å². The van der Waals surface area contributed by atoms with Crippen molar-refractivity contribution in [3.63, 3.8) is 0 Å². The highest BCUT2D eigenvalue weighted by molar-refractivity contribution is 4.94. The van der Waals surface area contributed by atoms with Gasteiger partial charge in [-0.2, -0.15) is 0 Å². The van der Waals surface area contributed by atoms with Crippen LogP contribution in [0.15, 0.2) is 11.0 Å². The summed E-state index contributed by atoms with van der Waals surface area (Å²) < 4.78 is 1.49. The zero-order valence-corrected chi connectivity index (χ0v) is 5.79. The van der Waals surface area contributed by atoms with Crippen molar-refractivity contribution in [3.8, 4) is 0 Å². The highest BCUT2D eigenvalue weighted by Crippen LogP contribution is 1.89. The summed E-state index contributed by atoms with van der Waals surface area (Å²) in [5.74, 6) is 0. The van der Waals surface area contributed by atoms with Crippen LogP contribution in [0.5, 0.6) is 0 Å². The smallest absolute Gasteiger partial charge is 0.325 e. The fourth-order valence-electron chi connectivity index (χ4n) is 0.860. The number of nitrogens with zero attached hydrogens (tertiary/aromatic N) is 1. The van der Waals surface area contributed by atoms with Gasteiger partial charge in [0.1, 0.15) is 0 Å². The lowest BCUT2D eigenvalue weighted by Gasteiger charge is -1.97. The lowest BCUT2D eigenvalue weighted by molar-refractivity contribution is 0.273. The molecule has 1 aromatic rings. The van der Waals surface area contributed by atoms with E-state index in [9.17, 15) is 4.79 Å². The monoisotopic (exact) mass is 142 g/mol. The highest BCUT2D eigenvalue weighted by Gasteiger charge is 1.98. The molecular weight excluding hydrogens is 132 g/mol. The van der Waals surface area contributed by atoms with Crippen LogP contribution in [-0.2, 0) is 6.54 Å². The van der Waals surface area contributed by atoms with Crippen molar-refractivity contribution in [3.05, 3.63) is 22.4 Å². The van der Waals surface area contributed by atoms with Crippen molar-refractivity contribution < 1.29 is 5.11 Å². The normalized spacial score (nSPS) is 10.2. The molecule has 0 radical (unpaired) electrons. The summed E-state index contributed by atoms with van der Waals surface area (Å²) in [6.45, 7) is 2.18. The van der Waals surface area contributed by atoms with E-state index in [1.165, 1.54) is 4.57 Å². The molecule has 1 heterocycles. The van der Waals surface area contributed by atoms with Gasteiger partial charge in [0.15, 0.2) is 0 Å². The average molecular weight is 142 g/mol. The number of nitrogens with one attached hydrogen (secondary N) is 1. The van der Waals surface area contributed by atoms with E-state index in [1.54, 1.807) is 6.20 Å². The van der Waals surface area contributed by atoms with E-state index in [4.69, 9.17) is 5.11 Å². The second-order valence-electron chi connectivity index (χ2n) is 2.11. The Bertz CT molecular complexity index is 261. The van der Waals surface area contributed by atoms with E-state index in [2.05, 4.69) is 4.98 Å². The number of imidazole rings is 1. The van der Waals surface area contributed by atoms with Gasteiger partial charge in [0.05, 0.1) is 13.2 Å². The van der Waals surface area contributed by atoms with Gasteiger partial charge in [0.2, 0.25) is 0 Å². The van der Waals surface area contributed by atoms with Crippen LogP contribution in [0.25, 0.3) is 0 Å². The largest absolute Gasteiger partial charge is 0.395 e. The van der Waals surface area contributed by atoms with Gasteiger partial charge in [-0.3, -0.25) is 4.57 Å². The molecule has 0 fully saturated rings. The summed E-state index contributed by atoms with van der Waals surface area (Å²) in [5, 5.41) is 8.51. The van der Waals surface area contributed by atoms with Crippen molar-refractivity contribution in [1.29, 1.82) is 0 Å². The van der Waals surface area contributed by atoms with Crippen molar-refractivity contribution in [2.45, 2.75) is 13.5 Å². The minimum absolute atomic E-state index is 0.00139. The standard InChI is InChI=1S/C6H10N2O2/c1-5-4-7-6(10)8(5)2-3-9/h4,9H,2-3H2,1H3,(H,7,10). The third-order valence-corrected chi connectivity index (χ3v) is 1.40. The van der Waals surface area contributed by atoms with Gasteiger partial charge in [-0.05, 0) is 6.92 Å². The van der Waals surface area contributed by atoms with E-state index in [1.807, 2.05) is 6.92 Å². The minimum Gasteiger partial charge on any atom is -0.395 e. The highest BCUT2D eigenvalue weighted by atomic mass is 16.3. The van der Waals surface area contributed by atoms with E-state index in [0.717, 1.165) is 5.69 Å². The van der Waals surface area contributed by atoms with Crippen LogP contribution in [0.1, 0.15) is 5.69 Å². The molecule has 0 saturated carbocycles. The molecule has 1 rings (SSSR count). The van der Waals surface area contributed by atoms with Gasteiger partial charge in [-0.25, -0.2) is 4.79 Å². The molecule has 0 unspecified atom stereocenters. The number of H-pyrrole nitrogens is 1. The molecular formula is C6H10N2O2. The maximum Gasteiger partial charge on any atom is 0.325 e. The summed E-state index contributed by atoms with van der Waals surface area (Å²) in [6, 6.07) is 0. The summed E-state index contributed by atoms with van der Waals surface area (Å²) >= 11 is 0. The molecule has 56 valence electrons. The first-order chi connectivity index (χ1) is 4.75. The molecule has 10 heavy (non-hydrogen) atoms. The molecule has 0 amide bonds. The van der Waals surface area contributed by atoms with Crippen molar-refractivity contribution in [1.82, 2.24) is 9.55 Å². The first kappa shape index (κ1) is 7.08. The van der Waals surface area contributed by atoms with E-state index < -0.39 is 0 Å². The molecule has 0 spiro atoms. The summed E-state index contributed by atoms with van der Waals surface area (Å²) in [7, 11) is 0. The Morgan fingerprint density at radius 3 is 2.90 bits per heavy atom. The summed E-state index contributed by atoms with van der Waals surface area (Å²) in [6.07, 6.45) is 1.62. The summed E-state index contributed by atoms with van der Waals surface area (Å²) in [4.78, 5) is 13.3. The Kier molecular flexibility index (Phi) is 1.91. The first-order valence-corrected chi connectivity index (χ1v) is 3.11. The molecule has 1 aromatic heterocycles. The van der Waals surface area contributed by atoms with Crippen LogP contribution < -0.4 is 5.69 Å². The number of aromatic amines is 1. The van der Waals surface area contributed by atoms with Gasteiger partial charge < -0.3 is 10.1 Å². The van der Waals surface area contributed by atoms with Crippen LogP contribution >= 0.6 is 0 Å². The topological polar surface area (TPSA) is 58.0 Å². The Morgan fingerprint density at radius 2 is 2.50 bits per heavy atom. The molecule has 0 aliphatic heterocycles. The van der Waals surface area contributed by atoms with Gasteiger partial charge in [0, 0.05) is 11.9 Å². The fraction of sp³-hybridized carbons (Fsp3) is 0.500. The van der Waals surface area contributed by atoms with Gasteiger partial charge in [-0.15, -0.1) is 0 Å². The van der Waals surface area contributed by atoms with Gasteiger partial charge in [-0.1, -0.05) is 0 Å². The molecule has 4 nitrogen and oxygen atoms in total. The number of aryl methyl sites for hydroxylation is 1. The number of aliphatic hydroxyl groups excluding tert-OH is 1. The molecule has 2 N–H and O–H groups in total. The van der Waals surface area contributed by atoms with E-state index in [-0.39, 0.29) is 12.3 Å². The fourth-order valence-corrected chi connectivity index (χ4v) is 0.860. The van der Waals surface area contributed by atoms with Crippen LogP contribution in [0.3, 0.4) is 0 Å². The minimum atomic E-state index is -0.161. The van der Waals surface area contributed by atoms with Gasteiger partial charge >= 0.3 is 5.69 Å². The van der Waals surface area contributed by atoms with E-state index >= 15 is 0 Å². The Labute approximate surface area is 58.1 Å². The predicted octanol–water partition coefficient (Wildman–Crippen LogP) is -0.523. The van der Waals surface area contributed by atoms with Crippen molar-refractivity contribution >= 4 is 0 Å². The third-order valence-electron chi connectivity index (χ3n) is 1.40. The first-order valence-electron chi connectivity index (χ1n) is 3.11. The molecule has 0 bridgehead atoms. The van der Waals surface area contributed by atoms with E-state index in [0.29, 0.717) is 6.54 Å². The number of aromatic nitrogens is 2. The number of rotatable bonds is 2. The second kappa shape index (κ2) is 2.70. The molecule has 0 atom stereocenters. The average Bonchev–Trinajstić information content (AvgIpc) is 2.20. The Balaban J connectivity index is 2.99. The number of hydrogen-bond acceptors (Lipinski definition) is 2. The van der Waals surface area contributed by atoms with Crippen molar-refractivity contribution in [2.75, 3.05) is 6.61 Å². The summed E-state index contributed by atoms with van der Waals surface area (Å²) in [5.41, 5.74) is 0.686. The Morgan fingerprint density at radius 1 is 1.80 bits per heavy atom. The molecule has 0 aliphatic rings. The molecule has 0 aliphatic carbocycles. The maximum absolute atomic E-state index is 10.8. The number of aliphatic hydroxyl groups is 1. The lowest BCUT2D eigenvalue weighted by atomic mass is 10.5. The quantitative estimate of drug-likeness (QED) is 0.583.